The number of phenolic OH excluding ortho intramolecular Hbond substituents is 1. The highest BCUT2D eigenvalue weighted by Crippen LogP contribution is 2.47. The minimum Gasteiger partial charge on any atom is -0.508 e. The molecule has 5 heterocycles. The van der Waals surface area contributed by atoms with E-state index < -0.39 is 23.3 Å². The zero-order chi connectivity index (χ0) is 29.6. The number of piperidine rings is 1. The Bertz CT molecular complexity index is 1850. The molecule has 0 spiro atoms. The van der Waals surface area contributed by atoms with Gasteiger partial charge >= 0.3 is 6.01 Å². The summed E-state index contributed by atoms with van der Waals surface area (Å²) in [6, 6.07) is 5.57. The number of anilines is 1. The molecule has 3 saturated heterocycles. The smallest absolute Gasteiger partial charge is 0.319 e. The fraction of sp³-hybridized carbons (Fsp3) is 0.406. The average molecular weight is 587 g/mol. The van der Waals surface area contributed by atoms with Gasteiger partial charge in [-0.25, -0.2) is 13.2 Å². The highest BCUT2D eigenvalue weighted by atomic mass is 19.1. The standard InChI is InChI=1S/C32H29F3N6O2/c1-2-19-24(34)5-4-16-8-18(42)9-20(25(16)19)28-26(35)29-21(11-37-28)30(40-13-22-23(14-40)27(22)36)39-31(38-29)43-15-32-6-3-7-41(32)12-17(33)10-32/h1,4-5,8-9,11,17,22-23,27,42H,3,6-7,10,12-15,36H2/t17-,22-,23+,27+,32+/m1/s1. The number of aromatic nitrogens is 3. The van der Waals surface area contributed by atoms with Gasteiger partial charge in [0.15, 0.2) is 5.82 Å². The van der Waals surface area contributed by atoms with Gasteiger partial charge in [-0.05, 0) is 54.8 Å². The molecule has 2 aromatic carbocycles. The summed E-state index contributed by atoms with van der Waals surface area (Å²) in [4.78, 5) is 17.8. The lowest BCUT2D eigenvalue weighted by Gasteiger charge is -2.31. The summed E-state index contributed by atoms with van der Waals surface area (Å²) < 4.78 is 51.9. The Labute approximate surface area is 245 Å². The van der Waals surface area contributed by atoms with Crippen LogP contribution in [0.4, 0.5) is 19.0 Å². The van der Waals surface area contributed by atoms with Crippen molar-refractivity contribution in [3.63, 3.8) is 0 Å². The molecule has 0 amide bonds. The van der Waals surface area contributed by atoms with Crippen LogP contribution in [0.3, 0.4) is 0 Å². The number of ether oxygens (including phenoxy) is 1. The van der Waals surface area contributed by atoms with E-state index in [1.165, 1.54) is 30.5 Å². The second-order valence-corrected chi connectivity index (χ2v) is 12.3. The molecule has 2 aromatic heterocycles. The van der Waals surface area contributed by atoms with E-state index in [4.69, 9.17) is 21.9 Å². The minimum atomic E-state index is -0.918. The molecule has 43 heavy (non-hydrogen) atoms. The number of hydrogen-bond acceptors (Lipinski definition) is 8. The number of fused-ring (bicyclic) bond motifs is 4. The van der Waals surface area contributed by atoms with E-state index in [1.807, 2.05) is 0 Å². The first-order valence-electron chi connectivity index (χ1n) is 14.6. The minimum absolute atomic E-state index is 0.0110. The van der Waals surface area contributed by atoms with Gasteiger partial charge in [0.2, 0.25) is 0 Å². The predicted octanol–water partition coefficient (Wildman–Crippen LogP) is 4.16. The van der Waals surface area contributed by atoms with Crippen LogP contribution in [0.15, 0.2) is 30.5 Å². The molecule has 5 atom stereocenters. The maximum Gasteiger partial charge on any atom is 0.319 e. The average Bonchev–Trinajstić information content (AvgIpc) is 3.36. The molecule has 0 bridgehead atoms. The molecule has 8 rings (SSSR count). The lowest BCUT2D eigenvalue weighted by atomic mass is 9.95. The van der Waals surface area contributed by atoms with Crippen LogP contribution in [-0.2, 0) is 0 Å². The van der Waals surface area contributed by atoms with Crippen LogP contribution in [-0.4, -0.2) is 75.5 Å². The first-order valence-corrected chi connectivity index (χ1v) is 14.6. The van der Waals surface area contributed by atoms with Gasteiger partial charge in [0.1, 0.15) is 41.4 Å². The van der Waals surface area contributed by atoms with Gasteiger partial charge < -0.3 is 20.5 Å². The fourth-order valence-electron chi connectivity index (χ4n) is 7.66. The third-order valence-corrected chi connectivity index (χ3v) is 9.89. The Morgan fingerprint density at radius 1 is 1.16 bits per heavy atom. The van der Waals surface area contributed by atoms with Gasteiger partial charge in [-0.15, -0.1) is 6.42 Å². The number of halogens is 3. The second-order valence-electron chi connectivity index (χ2n) is 12.3. The number of pyridine rings is 1. The molecule has 1 aliphatic carbocycles. The Hall–Kier alpha value is -4.14. The van der Waals surface area contributed by atoms with Crippen molar-refractivity contribution in [1.82, 2.24) is 19.9 Å². The van der Waals surface area contributed by atoms with Crippen molar-refractivity contribution >= 4 is 27.5 Å². The molecule has 0 unspecified atom stereocenters. The summed E-state index contributed by atoms with van der Waals surface area (Å²) in [5.41, 5.74) is 5.65. The zero-order valence-electron chi connectivity index (χ0n) is 23.2. The van der Waals surface area contributed by atoms with Crippen molar-refractivity contribution in [1.29, 1.82) is 0 Å². The normalized spacial score (nSPS) is 27.9. The van der Waals surface area contributed by atoms with E-state index in [2.05, 4.69) is 25.7 Å². The molecule has 3 aliphatic heterocycles. The summed E-state index contributed by atoms with van der Waals surface area (Å²) in [7, 11) is 0. The van der Waals surface area contributed by atoms with Crippen molar-refractivity contribution in [2.24, 2.45) is 17.6 Å². The molecule has 4 fully saturated rings. The summed E-state index contributed by atoms with van der Waals surface area (Å²) >= 11 is 0. The van der Waals surface area contributed by atoms with Crippen LogP contribution in [0.2, 0.25) is 0 Å². The van der Waals surface area contributed by atoms with E-state index in [0.717, 1.165) is 19.4 Å². The van der Waals surface area contributed by atoms with E-state index in [0.29, 0.717) is 54.5 Å². The fourth-order valence-corrected chi connectivity index (χ4v) is 7.66. The highest BCUT2D eigenvalue weighted by Gasteiger charge is 2.54. The lowest BCUT2D eigenvalue weighted by Crippen LogP contribution is -2.43. The maximum atomic E-state index is 16.6. The Morgan fingerprint density at radius 3 is 2.77 bits per heavy atom. The van der Waals surface area contributed by atoms with Crippen LogP contribution >= 0.6 is 0 Å². The molecule has 8 nitrogen and oxygen atoms in total. The maximum absolute atomic E-state index is 16.6. The van der Waals surface area contributed by atoms with Gasteiger partial charge in [0.05, 0.1) is 16.5 Å². The molecule has 4 aromatic rings. The van der Waals surface area contributed by atoms with Gasteiger partial charge in [-0.2, -0.15) is 9.97 Å². The predicted molar refractivity (Wildman–Crippen MR) is 156 cm³/mol. The van der Waals surface area contributed by atoms with Gasteiger partial charge in [-0.3, -0.25) is 9.88 Å². The lowest BCUT2D eigenvalue weighted by molar-refractivity contribution is 0.107. The third kappa shape index (κ3) is 4.03. The van der Waals surface area contributed by atoms with Crippen molar-refractivity contribution in [3.8, 4) is 35.4 Å². The van der Waals surface area contributed by atoms with E-state index in [9.17, 15) is 13.9 Å². The number of hydrogen-bond donors (Lipinski definition) is 2. The number of nitrogens with zero attached hydrogens (tertiary/aromatic N) is 5. The van der Waals surface area contributed by atoms with E-state index >= 15 is 4.39 Å². The summed E-state index contributed by atoms with van der Waals surface area (Å²) in [6.07, 6.45) is 8.36. The number of phenols is 1. The van der Waals surface area contributed by atoms with E-state index in [-0.39, 0.29) is 52.1 Å². The zero-order valence-corrected chi connectivity index (χ0v) is 23.2. The summed E-state index contributed by atoms with van der Waals surface area (Å²) in [5, 5.41) is 11.6. The Morgan fingerprint density at radius 2 is 1.98 bits per heavy atom. The summed E-state index contributed by atoms with van der Waals surface area (Å²) in [5.74, 6) is 1.95. The Kier molecular flexibility index (Phi) is 5.81. The monoisotopic (exact) mass is 586 g/mol. The first-order chi connectivity index (χ1) is 20.8. The van der Waals surface area contributed by atoms with Crippen molar-refractivity contribution in [2.75, 3.05) is 37.7 Å². The SMILES string of the molecule is C#Cc1c(F)ccc2cc(O)cc(-c3ncc4c(N5C[C@@H]6[C@@H](N)[C@@H]6C5)nc(OC[C@@]56CCCN5C[C@H](F)C6)nc4c3F)c12. The molecule has 11 heteroatoms. The number of nitrogens with two attached hydrogens (primary N) is 1. The Balaban J connectivity index is 1.27. The van der Waals surface area contributed by atoms with Crippen LogP contribution in [0, 0.1) is 35.8 Å². The first kappa shape index (κ1) is 26.5. The molecule has 3 N–H and O–H groups in total. The van der Waals surface area contributed by atoms with Crippen molar-refractivity contribution in [2.45, 2.75) is 37.0 Å². The van der Waals surface area contributed by atoms with Gasteiger partial charge in [0.25, 0.3) is 0 Å². The topological polar surface area (TPSA) is 101 Å². The number of alkyl halides is 1. The van der Waals surface area contributed by atoms with E-state index in [1.54, 1.807) is 0 Å². The molecule has 0 radical (unpaired) electrons. The third-order valence-electron chi connectivity index (χ3n) is 9.89. The molecule has 4 aliphatic rings. The molecule has 220 valence electrons. The number of benzene rings is 2. The van der Waals surface area contributed by atoms with Gasteiger partial charge in [-0.1, -0.05) is 12.0 Å². The molecular weight excluding hydrogens is 557 g/mol. The summed E-state index contributed by atoms with van der Waals surface area (Å²) in [6.45, 7) is 2.72. The molecular formula is C32H29F3N6O2. The number of terminal acetylenes is 1. The van der Waals surface area contributed by atoms with Crippen LogP contribution in [0.25, 0.3) is 32.9 Å². The quantitative estimate of drug-likeness (QED) is 0.337. The van der Waals surface area contributed by atoms with Gasteiger partial charge in [0, 0.05) is 49.2 Å². The van der Waals surface area contributed by atoms with Crippen molar-refractivity contribution in [3.05, 3.63) is 47.7 Å². The number of aromatic hydroxyl groups is 1. The number of rotatable bonds is 5. The second kappa shape index (κ2) is 9.43. The highest BCUT2D eigenvalue weighted by molar-refractivity contribution is 6.03. The van der Waals surface area contributed by atoms with Crippen LogP contribution in [0.5, 0.6) is 11.8 Å². The molecule has 1 saturated carbocycles. The van der Waals surface area contributed by atoms with Crippen LogP contribution < -0.4 is 15.4 Å². The van der Waals surface area contributed by atoms with Crippen LogP contribution in [0.1, 0.15) is 24.8 Å². The largest absolute Gasteiger partial charge is 0.508 e. The van der Waals surface area contributed by atoms with Crippen molar-refractivity contribution < 1.29 is 23.0 Å².